The van der Waals surface area contributed by atoms with E-state index in [1.807, 2.05) is 0 Å². The molecule has 0 radical (unpaired) electrons. The van der Waals surface area contributed by atoms with E-state index in [4.69, 9.17) is 5.73 Å². The van der Waals surface area contributed by atoms with Gasteiger partial charge in [0.05, 0.1) is 0 Å². The fraction of sp³-hybridized carbons (Fsp3) is 0.467. The van der Waals surface area contributed by atoms with Crippen molar-refractivity contribution in [1.82, 2.24) is 9.88 Å². The van der Waals surface area contributed by atoms with Crippen molar-refractivity contribution in [1.29, 1.82) is 0 Å². The van der Waals surface area contributed by atoms with Gasteiger partial charge in [-0.2, -0.15) is 0 Å². The first-order valence-electron chi connectivity index (χ1n) is 6.51. The van der Waals surface area contributed by atoms with E-state index in [2.05, 4.69) is 61.2 Å². The minimum atomic E-state index is 0.107. The molecule has 0 aliphatic heterocycles. The molecule has 1 aromatic carbocycles. The molecular formula is C15H23N3. The second-order valence-corrected chi connectivity index (χ2v) is 5.52. The quantitative estimate of drug-likeness (QED) is 0.791. The van der Waals surface area contributed by atoms with Crippen LogP contribution in [0.2, 0.25) is 0 Å². The molecule has 0 aliphatic rings. The Labute approximate surface area is 109 Å². The lowest BCUT2D eigenvalue weighted by atomic mass is 9.84. The molecule has 0 fully saturated rings. The van der Waals surface area contributed by atoms with Crippen molar-refractivity contribution in [2.24, 2.45) is 12.8 Å². The molecule has 1 heterocycles. The number of aromatic nitrogens is 1. The Morgan fingerprint density at radius 3 is 2.72 bits per heavy atom. The van der Waals surface area contributed by atoms with E-state index in [1.165, 1.54) is 16.5 Å². The minimum Gasteiger partial charge on any atom is -0.350 e. The zero-order valence-electron chi connectivity index (χ0n) is 11.5. The normalized spacial score (nSPS) is 12.2. The fourth-order valence-corrected chi connectivity index (χ4v) is 2.48. The summed E-state index contributed by atoms with van der Waals surface area (Å²) >= 11 is 0. The molecule has 2 rings (SSSR count). The monoisotopic (exact) mass is 245 g/mol. The Morgan fingerprint density at radius 1 is 1.28 bits per heavy atom. The van der Waals surface area contributed by atoms with E-state index in [0.717, 1.165) is 13.1 Å². The summed E-state index contributed by atoms with van der Waals surface area (Å²) in [6.07, 6.45) is 2.24. The molecule has 18 heavy (non-hydrogen) atoms. The van der Waals surface area contributed by atoms with Gasteiger partial charge in [-0.15, -0.1) is 0 Å². The average molecular weight is 245 g/mol. The number of nitrogens with two attached hydrogens (primary N) is 1. The molecule has 0 spiro atoms. The van der Waals surface area contributed by atoms with Gasteiger partial charge in [0.25, 0.3) is 0 Å². The van der Waals surface area contributed by atoms with E-state index in [-0.39, 0.29) is 5.41 Å². The molecule has 0 unspecified atom stereocenters. The van der Waals surface area contributed by atoms with Crippen molar-refractivity contribution >= 4 is 10.9 Å². The van der Waals surface area contributed by atoms with Gasteiger partial charge in [0.2, 0.25) is 0 Å². The number of rotatable bonds is 5. The molecule has 0 atom stereocenters. The van der Waals surface area contributed by atoms with Gasteiger partial charge >= 0.3 is 0 Å². The van der Waals surface area contributed by atoms with Crippen molar-refractivity contribution in [2.75, 3.05) is 19.6 Å². The first-order chi connectivity index (χ1) is 8.56. The zero-order chi connectivity index (χ0) is 13.2. The molecule has 3 nitrogen and oxygen atoms in total. The van der Waals surface area contributed by atoms with Crippen molar-refractivity contribution in [3.8, 4) is 0 Å². The largest absolute Gasteiger partial charge is 0.350 e. The highest BCUT2D eigenvalue weighted by atomic mass is 14.9. The van der Waals surface area contributed by atoms with Crippen LogP contribution in [0.4, 0.5) is 0 Å². The number of hydrogen-bond acceptors (Lipinski definition) is 2. The Balaban J connectivity index is 2.35. The summed E-state index contributed by atoms with van der Waals surface area (Å²) in [7, 11) is 2.11. The summed E-state index contributed by atoms with van der Waals surface area (Å²) in [5.41, 5.74) is 8.32. The number of nitrogens with zero attached hydrogens (tertiary/aromatic N) is 1. The van der Waals surface area contributed by atoms with Crippen LogP contribution < -0.4 is 11.1 Å². The predicted molar refractivity (Wildman–Crippen MR) is 77.9 cm³/mol. The van der Waals surface area contributed by atoms with Crippen LogP contribution in [0.3, 0.4) is 0 Å². The van der Waals surface area contributed by atoms with Gasteiger partial charge in [-0.05, 0) is 11.6 Å². The Morgan fingerprint density at radius 2 is 2.00 bits per heavy atom. The first-order valence-corrected chi connectivity index (χ1v) is 6.51. The van der Waals surface area contributed by atoms with Gasteiger partial charge in [-0.3, -0.25) is 0 Å². The van der Waals surface area contributed by atoms with Crippen LogP contribution in [0.15, 0.2) is 30.5 Å². The molecule has 1 aromatic heterocycles. The maximum absolute atomic E-state index is 5.52. The van der Waals surface area contributed by atoms with Gasteiger partial charge in [0, 0.05) is 49.2 Å². The van der Waals surface area contributed by atoms with Crippen LogP contribution in [-0.2, 0) is 12.5 Å². The minimum absolute atomic E-state index is 0.107. The van der Waals surface area contributed by atoms with Crippen molar-refractivity contribution in [3.63, 3.8) is 0 Å². The molecule has 0 bridgehead atoms. The van der Waals surface area contributed by atoms with Crippen molar-refractivity contribution in [2.45, 2.75) is 19.3 Å². The van der Waals surface area contributed by atoms with Crippen LogP contribution in [0.25, 0.3) is 10.9 Å². The third kappa shape index (κ3) is 2.42. The highest BCUT2D eigenvalue weighted by Crippen LogP contribution is 2.31. The smallest absolute Gasteiger partial charge is 0.0480 e. The number of aryl methyl sites for hydroxylation is 1. The van der Waals surface area contributed by atoms with Crippen LogP contribution in [-0.4, -0.2) is 24.2 Å². The second kappa shape index (κ2) is 5.12. The highest BCUT2D eigenvalue weighted by Gasteiger charge is 2.24. The second-order valence-electron chi connectivity index (χ2n) is 5.52. The standard InChI is InChI=1S/C15H23N3/c1-15(2,11-17-9-8-16)13-10-18(3)14-7-5-4-6-12(13)14/h4-7,10,17H,8-9,11,16H2,1-3H3. The summed E-state index contributed by atoms with van der Waals surface area (Å²) in [5, 5.41) is 4.76. The maximum atomic E-state index is 5.52. The van der Waals surface area contributed by atoms with Crippen LogP contribution in [0.5, 0.6) is 0 Å². The van der Waals surface area contributed by atoms with Gasteiger partial charge in [-0.25, -0.2) is 0 Å². The molecule has 0 saturated carbocycles. The SMILES string of the molecule is Cn1cc(C(C)(C)CNCCN)c2ccccc21. The molecule has 0 aliphatic carbocycles. The van der Waals surface area contributed by atoms with Gasteiger partial charge in [0.15, 0.2) is 0 Å². The maximum Gasteiger partial charge on any atom is 0.0480 e. The fourth-order valence-electron chi connectivity index (χ4n) is 2.48. The number of benzene rings is 1. The lowest BCUT2D eigenvalue weighted by molar-refractivity contribution is 0.475. The lowest BCUT2D eigenvalue weighted by Crippen LogP contribution is -2.35. The molecular weight excluding hydrogens is 222 g/mol. The third-order valence-corrected chi connectivity index (χ3v) is 3.51. The van der Waals surface area contributed by atoms with E-state index in [9.17, 15) is 0 Å². The highest BCUT2D eigenvalue weighted by molar-refractivity contribution is 5.85. The predicted octanol–water partition coefficient (Wildman–Crippen LogP) is 2.00. The molecule has 98 valence electrons. The molecule has 0 saturated heterocycles. The summed E-state index contributed by atoms with van der Waals surface area (Å²) in [4.78, 5) is 0. The van der Waals surface area contributed by atoms with Crippen LogP contribution in [0.1, 0.15) is 19.4 Å². The summed E-state index contributed by atoms with van der Waals surface area (Å²) in [5.74, 6) is 0. The Hall–Kier alpha value is -1.32. The molecule has 2 aromatic rings. The van der Waals surface area contributed by atoms with Crippen molar-refractivity contribution < 1.29 is 0 Å². The molecule has 3 N–H and O–H groups in total. The first kappa shape index (κ1) is 13.1. The van der Waals surface area contributed by atoms with Crippen LogP contribution in [0, 0.1) is 0 Å². The zero-order valence-corrected chi connectivity index (χ0v) is 11.5. The summed E-state index contributed by atoms with van der Waals surface area (Å²) in [6, 6.07) is 8.57. The number of hydrogen-bond donors (Lipinski definition) is 2. The Bertz CT molecular complexity index is 526. The average Bonchev–Trinajstić information content (AvgIpc) is 2.69. The van der Waals surface area contributed by atoms with Crippen LogP contribution >= 0.6 is 0 Å². The summed E-state index contributed by atoms with van der Waals surface area (Å²) < 4.78 is 2.20. The van der Waals surface area contributed by atoms with E-state index in [0.29, 0.717) is 6.54 Å². The van der Waals surface area contributed by atoms with E-state index < -0.39 is 0 Å². The van der Waals surface area contributed by atoms with Gasteiger partial charge in [-0.1, -0.05) is 32.0 Å². The molecule has 0 amide bonds. The van der Waals surface area contributed by atoms with Crippen molar-refractivity contribution in [3.05, 3.63) is 36.0 Å². The van der Waals surface area contributed by atoms with E-state index in [1.54, 1.807) is 0 Å². The van der Waals surface area contributed by atoms with Gasteiger partial charge < -0.3 is 15.6 Å². The summed E-state index contributed by atoms with van der Waals surface area (Å²) in [6.45, 7) is 7.05. The topological polar surface area (TPSA) is 43.0 Å². The Kier molecular flexibility index (Phi) is 3.73. The lowest BCUT2D eigenvalue weighted by Gasteiger charge is -2.25. The number of para-hydroxylation sites is 1. The van der Waals surface area contributed by atoms with Gasteiger partial charge in [0.1, 0.15) is 0 Å². The number of nitrogens with one attached hydrogen (secondary N) is 1. The van der Waals surface area contributed by atoms with E-state index >= 15 is 0 Å². The molecule has 3 heteroatoms. The number of fused-ring (bicyclic) bond motifs is 1. The third-order valence-electron chi connectivity index (χ3n) is 3.51.